The Kier molecular flexibility index (Phi) is 3.89. The quantitative estimate of drug-likeness (QED) is 0.853. The summed E-state index contributed by atoms with van der Waals surface area (Å²) in [6.45, 7) is 3.77. The maximum absolute atomic E-state index is 11.5. The molecular formula is C14H14N2OS. The molecular weight excluding hydrogens is 244 g/mol. The summed E-state index contributed by atoms with van der Waals surface area (Å²) in [6, 6.07) is 9.90. The van der Waals surface area contributed by atoms with E-state index in [0.717, 1.165) is 16.8 Å². The summed E-state index contributed by atoms with van der Waals surface area (Å²) in [4.78, 5) is 15.9. The molecule has 1 aromatic heterocycles. The van der Waals surface area contributed by atoms with Crippen LogP contribution in [0.4, 0.5) is 5.13 Å². The number of hydrogen-bond acceptors (Lipinski definition) is 3. The van der Waals surface area contributed by atoms with Gasteiger partial charge in [-0.1, -0.05) is 35.9 Å². The van der Waals surface area contributed by atoms with Crippen molar-refractivity contribution in [1.82, 2.24) is 4.98 Å². The van der Waals surface area contributed by atoms with Gasteiger partial charge in [-0.2, -0.15) is 0 Å². The fraction of sp³-hybridized carbons (Fsp3) is 0.143. The summed E-state index contributed by atoms with van der Waals surface area (Å²) < 4.78 is 0. The van der Waals surface area contributed by atoms with E-state index in [9.17, 15) is 4.79 Å². The summed E-state index contributed by atoms with van der Waals surface area (Å²) in [5.74, 6) is -0.135. The molecule has 0 spiro atoms. The number of carbonyl (C=O) groups excluding carboxylic acids is 1. The Bertz CT molecular complexity index is 568. The van der Waals surface area contributed by atoms with Crippen molar-refractivity contribution in [3.05, 3.63) is 47.4 Å². The number of allylic oxidation sites excluding steroid dienone is 1. The van der Waals surface area contributed by atoms with Gasteiger partial charge in [0, 0.05) is 17.0 Å². The minimum absolute atomic E-state index is 0.135. The van der Waals surface area contributed by atoms with Crippen LogP contribution in [0.2, 0.25) is 0 Å². The van der Waals surface area contributed by atoms with Crippen molar-refractivity contribution in [3.63, 3.8) is 0 Å². The van der Waals surface area contributed by atoms with Crippen LogP contribution in [0, 0.1) is 0 Å². The van der Waals surface area contributed by atoms with Crippen LogP contribution >= 0.6 is 11.3 Å². The van der Waals surface area contributed by atoms with E-state index in [4.69, 9.17) is 0 Å². The van der Waals surface area contributed by atoms with Gasteiger partial charge in [0.2, 0.25) is 5.91 Å². The largest absolute Gasteiger partial charge is 0.298 e. The second kappa shape index (κ2) is 5.60. The van der Waals surface area contributed by atoms with Gasteiger partial charge in [0.25, 0.3) is 0 Å². The Balaban J connectivity index is 2.12. The van der Waals surface area contributed by atoms with Crippen molar-refractivity contribution < 1.29 is 4.79 Å². The van der Waals surface area contributed by atoms with Crippen molar-refractivity contribution in [2.75, 3.05) is 5.32 Å². The topological polar surface area (TPSA) is 42.0 Å². The van der Waals surface area contributed by atoms with Crippen molar-refractivity contribution in [1.29, 1.82) is 0 Å². The van der Waals surface area contributed by atoms with Gasteiger partial charge in [0.1, 0.15) is 0 Å². The molecule has 1 heterocycles. The molecule has 0 aliphatic heterocycles. The lowest BCUT2D eigenvalue weighted by Crippen LogP contribution is -2.07. The molecule has 3 nitrogen and oxygen atoms in total. The highest BCUT2D eigenvalue weighted by molar-refractivity contribution is 7.14. The standard InChI is InChI=1S/C14H14N2OS/c1-10(2)8-13(17)16-14-15-12(9-18-14)11-6-4-3-5-7-11/h3-9H,1-2H3,(H,15,16,17). The van der Waals surface area contributed by atoms with Crippen molar-refractivity contribution in [3.8, 4) is 11.3 Å². The van der Waals surface area contributed by atoms with Gasteiger partial charge in [-0.3, -0.25) is 10.1 Å². The average Bonchev–Trinajstić information content (AvgIpc) is 2.77. The number of benzene rings is 1. The molecule has 2 aromatic rings. The van der Waals surface area contributed by atoms with Gasteiger partial charge in [0.05, 0.1) is 5.69 Å². The van der Waals surface area contributed by atoms with E-state index in [0.29, 0.717) is 5.13 Å². The summed E-state index contributed by atoms with van der Waals surface area (Å²) in [6.07, 6.45) is 1.56. The van der Waals surface area contributed by atoms with Gasteiger partial charge in [-0.15, -0.1) is 11.3 Å². The molecule has 0 saturated heterocycles. The van der Waals surface area contributed by atoms with Gasteiger partial charge in [0.15, 0.2) is 5.13 Å². The van der Waals surface area contributed by atoms with Crippen molar-refractivity contribution >= 4 is 22.4 Å². The zero-order chi connectivity index (χ0) is 13.0. The third-order valence-corrected chi connectivity index (χ3v) is 2.98. The predicted octanol–water partition coefficient (Wildman–Crippen LogP) is 3.71. The molecule has 0 bridgehead atoms. The molecule has 0 atom stereocenters. The van der Waals surface area contributed by atoms with E-state index in [-0.39, 0.29) is 5.91 Å². The molecule has 1 amide bonds. The van der Waals surface area contributed by atoms with Crippen LogP contribution in [-0.4, -0.2) is 10.9 Å². The lowest BCUT2D eigenvalue weighted by molar-refractivity contribution is -0.111. The van der Waals surface area contributed by atoms with Crippen LogP contribution in [0.1, 0.15) is 13.8 Å². The highest BCUT2D eigenvalue weighted by Crippen LogP contribution is 2.24. The average molecular weight is 258 g/mol. The van der Waals surface area contributed by atoms with E-state index in [1.165, 1.54) is 11.3 Å². The molecule has 92 valence electrons. The predicted molar refractivity (Wildman–Crippen MR) is 75.6 cm³/mol. The number of hydrogen-bond donors (Lipinski definition) is 1. The third kappa shape index (κ3) is 3.28. The van der Waals surface area contributed by atoms with Crippen LogP contribution in [-0.2, 0) is 4.79 Å². The summed E-state index contributed by atoms with van der Waals surface area (Å²) in [5, 5.41) is 5.32. The van der Waals surface area contributed by atoms with Crippen LogP contribution in [0.15, 0.2) is 47.4 Å². The number of thiazole rings is 1. The number of aromatic nitrogens is 1. The molecule has 2 rings (SSSR count). The highest BCUT2D eigenvalue weighted by Gasteiger charge is 2.05. The fourth-order valence-electron chi connectivity index (χ4n) is 1.48. The molecule has 0 aliphatic carbocycles. The smallest absolute Gasteiger partial charge is 0.250 e. The van der Waals surface area contributed by atoms with E-state index in [1.807, 2.05) is 49.6 Å². The number of carbonyl (C=O) groups is 1. The number of amides is 1. The Labute approximate surface area is 110 Å². The fourth-order valence-corrected chi connectivity index (χ4v) is 2.20. The Morgan fingerprint density at radius 1 is 1.28 bits per heavy atom. The first kappa shape index (κ1) is 12.5. The first-order valence-electron chi connectivity index (χ1n) is 5.62. The van der Waals surface area contributed by atoms with Crippen LogP contribution in [0.5, 0.6) is 0 Å². The number of rotatable bonds is 3. The zero-order valence-corrected chi connectivity index (χ0v) is 11.1. The monoisotopic (exact) mass is 258 g/mol. The van der Waals surface area contributed by atoms with Crippen LogP contribution < -0.4 is 5.32 Å². The van der Waals surface area contributed by atoms with Gasteiger partial charge < -0.3 is 0 Å². The highest BCUT2D eigenvalue weighted by atomic mass is 32.1. The van der Waals surface area contributed by atoms with E-state index in [2.05, 4.69) is 10.3 Å². The van der Waals surface area contributed by atoms with E-state index < -0.39 is 0 Å². The molecule has 1 N–H and O–H groups in total. The SMILES string of the molecule is CC(C)=CC(=O)Nc1nc(-c2ccccc2)cs1. The summed E-state index contributed by atoms with van der Waals surface area (Å²) in [7, 11) is 0. The summed E-state index contributed by atoms with van der Waals surface area (Å²) in [5.41, 5.74) is 2.90. The molecule has 4 heteroatoms. The minimum Gasteiger partial charge on any atom is -0.298 e. The van der Waals surface area contributed by atoms with E-state index in [1.54, 1.807) is 6.08 Å². The van der Waals surface area contributed by atoms with E-state index >= 15 is 0 Å². The third-order valence-electron chi connectivity index (χ3n) is 2.22. The molecule has 0 radical (unpaired) electrons. The number of anilines is 1. The van der Waals surface area contributed by atoms with Crippen molar-refractivity contribution in [2.24, 2.45) is 0 Å². The lowest BCUT2D eigenvalue weighted by Gasteiger charge is -1.97. The van der Waals surface area contributed by atoms with Gasteiger partial charge >= 0.3 is 0 Å². The van der Waals surface area contributed by atoms with Crippen LogP contribution in [0.3, 0.4) is 0 Å². The maximum Gasteiger partial charge on any atom is 0.250 e. The Morgan fingerprint density at radius 2 is 2.00 bits per heavy atom. The molecule has 1 aromatic carbocycles. The van der Waals surface area contributed by atoms with Gasteiger partial charge in [-0.05, 0) is 13.8 Å². The number of nitrogens with zero attached hydrogens (tertiary/aromatic N) is 1. The summed E-state index contributed by atoms with van der Waals surface area (Å²) >= 11 is 1.43. The van der Waals surface area contributed by atoms with Crippen molar-refractivity contribution in [2.45, 2.75) is 13.8 Å². The molecule has 18 heavy (non-hydrogen) atoms. The molecule has 0 fully saturated rings. The molecule has 0 unspecified atom stereocenters. The number of nitrogens with one attached hydrogen (secondary N) is 1. The second-order valence-corrected chi connectivity index (χ2v) is 4.97. The Morgan fingerprint density at radius 3 is 2.67 bits per heavy atom. The first-order chi connectivity index (χ1) is 8.65. The normalized spacial score (nSPS) is 9.89. The zero-order valence-electron chi connectivity index (χ0n) is 10.3. The Hall–Kier alpha value is -1.94. The second-order valence-electron chi connectivity index (χ2n) is 4.11. The lowest BCUT2D eigenvalue weighted by atomic mass is 10.2. The maximum atomic E-state index is 11.5. The molecule has 0 saturated carbocycles. The van der Waals surface area contributed by atoms with Gasteiger partial charge in [-0.25, -0.2) is 4.98 Å². The molecule has 0 aliphatic rings. The minimum atomic E-state index is -0.135. The van der Waals surface area contributed by atoms with Crippen LogP contribution in [0.25, 0.3) is 11.3 Å². The first-order valence-corrected chi connectivity index (χ1v) is 6.50.